The van der Waals surface area contributed by atoms with E-state index in [-0.39, 0.29) is 45.7 Å². The number of benzene rings is 6. The summed E-state index contributed by atoms with van der Waals surface area (Å²) in [5.74, 6) is 0. The lowest BCUT2D eigenvalue weighted by molar-refractivity contribution is -0.00721. The summed E-state index contributed by atoms with van der Waals surface area (Å²) in [4.78, 5) is 18.6. The topological polar surface area (TPSA) is 163 Å². The van der Waals surface area contributed by atoms with Gasteiger partial charge in [-0.25, -0.2) is 0 Å². The lowest BCUT2D eigenvalue weighted by Crippen LogP contribution is -2.49. The third-order valence-electron chi connectivity index (χ3n) is 14.0. The summed E-state index contributed by atoms with van der Waals surface area (Å²) in [5, 5.41) is 67.3. The Bertz CT molecular complexity index is 3340. The highest BCUT2D eigenvalue weighted by molar-refractivity contribution is 5.94. The molecule has 68 heavy (non-hydrogen) atoms. The van der Waals surface area contributed by atoms with Gasteiger partial charge in [0, 0.05) is 23.2 Å². The van der Waals surface area contributed by atoms with Gasteiger partial charge in [-0.2, -0.15) is 0 Å². The number of likely N-dealkylation sites (tertiary alicyclic amines) is 1. The number of hydrogen-bond donors (Lipinski definition) is 6. The van der Waals surface area contributed by atoms with E-state index in [0.29, 0.717) is 6.54 Å². The second kappa shape index (κ2) is 19.1. The summed E-state index contributed by atoms with van der Waals surface area (Å²) < 4.78 is 0. The molecule has 9 aromatic rings. The Morgan fingerprint density at radius 3 is 1.38 bits per heavy atom. The fourth-order valence-corrected chi connectivity index (χ4v) is 10.8. The minimum absolute atomic E-state index is 0.127. The van der Waals surface area contributed by atoms with E-state index in [1.807, 2.05) is 103 Å². The summed E-state index contributed by atoms with van der Waals surface area (Å²) in [6.45, 7) is 1.81. The molecule has 0 amide bonds. The Morgan fingerprint density at radius 2 is 0.897 bits per heavy atom. The third-order valence-corrected chi connectivity index (χ3v) is 14.0. The predicted octanol–water partition coefficient (Wildman–Crippen LogP) is 9.93. The van der Waals surface area contributed by atoms with E-state index >= 15 is 0 Å². The molecule has 1 fully saturated rings. The van der Waals surface area contributed by atoms with Crippen molar-refractivity contribution in [1.82, 2.24) is 19.9 Å². The van der Waals surface area contributed by atoms with Crippen LogP contribution in [0.2, 0.25) is 0 Å². The summed E-state index contributed by atoms with van der Waals surface area (Å²) in [7, 11) is 0. The number of aromatic nitrogens is 3. The third kappa shape index (κ3) is 8.24. The summed E-state index contributed by atoms with van der Waals surface area (Å²) in [6, 6.07) is 47.8. The number of nitrogens with zero attached hydrogens (tertiary/aromatic N) is 4. The molecule has 1 aliphatic heterocycles. The van der Waals surface area contributed by atoms with Crippen molar-refractivity contribution in [3.8, 4) is 33.8 Å². The Kier molecular flexibility index (Phi) is 12.7. The lowest BCUT2D eigenvalue weighted by Gasteiger charge is -2.49. The molecule has 1 aliphatic rings. The maximum atomic E-state index is 10.6. The molecule has 0 aliphatic carbocycles. The predicted molar refractivity (Wildman–Crippen MR) is 267 cm³/mol. The Balaban J connectivity index is 1.09. The quantitative estimate of drug-likeness (QED) is 0.0657. The summed E-state index contributed by atoms with van der Waals surface area (Å²) in [5.41, 5.74) is 11.5. The van der Waals surface area contributed by atoms with Crippen LogP contribution in [0.15, 0.2) is 146 Å². The molecule has 3 aromatic heterocycles. The number of rotatable bonds is 13. The van der Waals surface area contributed by atoms with Crippen LogP contribution in [-0.2, 0) is 51.7 Å². The molecule has 1 unspecified atom stereocenters. The highest BCUT2D eigenvalue weighted by Crippen LogP contribution is 2.47. The van der Waals surface area contributed by atoms with E-state index in [2.05, 4.69) is 54.3 Å². The average Bonchev–Trinajstić information content (AvgIpc) is 3.39. The number of aliphatic hydroxyl groups is 6. The first kappa shape index (κ1) is 45.1. The van der Waals surface area contributed by atoms with Crippen LogP contribution in [0.5, 0.6) is 0 Å². The number of pyridine rings is 3. The van der Waals surface area contributed by atoms with E-state index < -0.39 is 5.54 Å². The molecule has 0 saturated carbocycles. The first-order chi connectivity index (χ1) is 33.3. The lowest BCUT2D eigenvalue weighted by atomic mass is 9.80. The molecule has 4 heterocycles. The second-order valence-electron chi connectivity index (χ2n) is 18.1. The second-order valence-corrected chi connectivity index (χ2v) is 18.1. The Hall–Kier alpha value is -6.73. The molecule has 6 aromatic carbocycles. The maximum absolute atomic E-state index is 10.6. The minimum atomic E-state index is -0.601. The van der Waals surface area contributed by atoms with Gasteiger partial charge in [-0.05, 0) is 165 Å². The minimum Gasteiger partial charge on any atom is -0.392 e. The monoisotopic (exact) mass is 902 g/mol. The van der Waals surface area contributed by atoms with E-state index in [9.17, 15) is 30.6 Å². The fourth-order valence-electron chi connectivity index (χ4n) is 10.8. The molecule has 1 saturated heterocycles. The zero-order chi connectivity index (χ0) is 46.9. The van der Waals surface area contributed by atoms with E-state index in [1.54, 1.807) is 0 Å². The van der Waals surface area contributed by atoms with Gasteiger partial charge >= 0.3 is 0 Å². The summed E-state index contributed by atoms with van der Waals surface area (Å²) in [6.07, 6.45) is 2.55. The van der Waals surface area contributed by atoms with Crippen molar-refractivity contribution in [2.45, 2.75) is 84.0 Å². The van der Waals surface area contributed by atoms with Crippen LogP contribution in [0.3, 0.4) is 0 Å². The van der Waals surface area contributed by atoms with Gasteiger partial charge in [-0.1, -0.05) is 72.8 Å². The standard InChI is InChI=1S/C58H54N4O6/c1-58(54-21-7-18-51(61-54)44-25-38-11-4-14-41(32-65)57(38)47(28-44)35-68)22-8-20-53(52-19-6-17-50(60-52)43-24-37-10-3-13-40(31-64)56(37)46(27-43)34-67)62(58)29-48-15-5-16-49(59-48)42-23-36-9-2-12-39(30-63)55(36)45(26-42)33-66/h2-7,9-19,21,23-28,53,63-68H,8,20,22,29-35H2,1H3/t53?,58-/m0/s1. The number of aliphatic hydroxyl groups excluding tert-OH is 6. The molecular weight excluding hydrogens is 849 g/mol. The van der Waals surface area contributed by atoms with Gasteiger partial charge in [0.15, 0.2) is 0 Å². The van der Waals surface area contributed by atoms with E-state index in [4.69, 9.17) is 15.0 Å². The highest BCUT2D eigenvalue weighted by Gasteiger charge is 2.43. The smallest absolute Gasteiger partial charge is 0.0706 e. The molecular formula is C58H54N4O6. The van der Waals surface area contributed by atoms with Crippen LogP contribution in [0.25, 0.3) is 66.1 Å². The molecule has 342 valence electrons. The van der Waals surface area contributed by atoms with Gasteiger partial charge in [-0.15, -0.1) is 0 Å². The van der Waals surface area contributed by atoms with Crippen LogP contribution < -0.4 is 0 Å². The van der Waals surface area contributed by atoms with Gasteiger partial charge < -0.3 is 30.6 Å². The summed E-state index contributed by atoms with van der Waals surface area (Å²) >= 11 is 0. The number of fused-ring (bicyclic) bond motifs is 3. The van der Waals surface area contributed by atoms with Crippen molar-refractivity contribution < 1.29 is 30.6 Å². The Morgan fingerprint density at radius 1 is 0.471 bits per heavy atom. The first-order valence-corrected chi connectivity index (χ1v) is 23.2. The molecule has 0 spiro atoms. The molecule has 0 radical (unpaired) electrons. The molecule has 10 nitrogen and oxygen atoms in total. The van der Waals surface area contributed by atoms with Crippen LogP contribution in [-0.4, -0.2) is 50.5 Å². The van der Waals surface area contributed by atoms with Crippen LogP contribution >= 0.6 is 0 Å². The van der Waals surface area contributed by atoms with Crippen LogP contribution in [0, 0.1) is 0 Å². The average molecular weight is 903 g/mol. The van der Waals surface area contributed by atoms with Gasteiger partial charge in [-0.3, -0.25) is 19.9 Å². The van der Waals surface area contributed by atoms with Gasteiger partial charge in [0.05, 0.1) is 85.4 Å². The van der Waals surface area contributed by atoms with E-state index in [0.717, 1.165) is 136 Å². The van der Waals surface area contributed by atoms with Crippen LogP contribution in [0.1, 0.15) is 82.7 Å². The zero-order valence-electron chi connectivity index (χ0n) is 38.0. The SMILES string of the molecule is C[C@@]1(c2cccc(-c3cc(CO)c4c(CO)cccc4c3)n2)CCCC(c2cccc(-c3cc(CO)c4c(CO)cccc4c3)n2)N1Cc1cccc(-c2cc(CO)c3c(CO)cccc3c2)n1. The van der Waals surface area contributed by atoms with Crippen molar-refractivity contribution in [3.63, 3.8) is 0 Å². The number of hydrogen-bond acceptors (Lipinski definition) is 10. The van der Waals surface area contributed by atoms with Crippen LogP contribution in [0.4, 0.5) is 0 Å². The Labute approximate surface area is 395 Å². The van der Waals surface area contributed by atoms with E-state index in [1.165, 1.54) is 0 Å². The maximum Gasteiger partial charge on any atom is 0.0706 e. The van der Waals surface area contributed by atoms with Crippen molar-refractivity contribution in [1.29, 1.82) is 0 Å². The molecule has 0 bridgehead atoms. The van der Waals surface area contributed by atoms with Crippen molar-refractivity contribution in [2.75, 3.05) is 0 Å². The number of piperidine rings is 1. The molecule has 10 rings (SSSR count). The van der Waals surface area contributed by atoms with Crippen molar-refractivity contribution in [2.24, 2.45) is 0 Å². The van der Waals surface area contributed by atoms with Crippen molar-refractivity contribution >= 4 is 32.3 Å². The molecule has 10 heteroatoms. The van der Waals surface area contributed by atoms with Crippen molar-refractivity contribution in [3.05, 3.63) is 196 Å². The zero-order valence-corrected chi connectivity index (χ0v) is 38.0. The van der Waals surface area contributed by atoms with Gasteiger partial charge in [0.1, 0.15) is 0 Å². The first-order valence-electron chi connectivity index (χ1n) is 23.2. The fraction of sp³-hybridized carbons (Fsp3) is 0.224. The normalized spacial score (nSPS) is 16.5. The molecule has 6 N–H and O–H groups in total. The molecule has 2 atom stereocenters. The largest absolute Gasteiger partial charge is 0.392 e. The van der Waals surface area contributed by atoms with Gasteiger partial charge in [0.25, 0.3) is 0 Å². The van der Waals surface area contributed by atoms with Gasteiger partial charge in [0.2, 0.25) is 0 Å². The highest BCUT2D eigenvalue weighted by atomic mass is 16.3.